The van der Waals surface area contributed by atoms with Crippen LogP contribution in [0.5, 0.6) is 0 Å². The van der Waals surface area contributed by atoms with Gasteiger partial charge in [0.1, 0.15) is 0 Å². The second-order valence-electron chi connectivity index (χ2n) is 9.05. The summed E-state index contributed by atoms with van der Waals surface area (Å²) in [7, 11) is 0. The summed E-state index contributed by atoms with van der Waals surface area (Å²) in [5.41, 5.74) is 1.29. The summed E-state index contributed by atoms with van der Waals surface area (Å²) >= 11 is 6.98. The van der Waals surface area contributed by atoms with Gasteiger partial charge in [-0.05, 0) is 37.2 Å². The molecule has 30 heavy (non-hydrogen) atoms. The van der Waals surface area contributed by atoms with E-state index in [1.165, 1.54) is 82.6 Å². The molecule has 0 aliphatic carbocycles. The van der Waals surface area contributed by atoms with E-state index >= 15 is 0 Å². The molecule has 2 nitrogen and oxygen atoms in total. The van der Waals surface area contributed by atoms with Crippen molar-refractivity contribution in [2.45, 2.75) is 115 Å². The fraction of sp³-hybridized carbons (Fsp3) is 0.778. The third-order valence-corrected chi connectivity index (χ3v) is 7.20. The Balaban J connectivity index is 2.32. The van der Waals surface area contributed by atoms with Crippen molar-refractivity contribution in [3.63, 3.8) is 0 Å². The number of rotatable bonds is 20. The second kappa shape index (κ2) is 18.0. The van der Waals surface area contributed by atoms with Crippen LogP contribution in [0.4, 0.5) is 0 Å². The van der Waals surface area contributed by atoms with Crippen molar-refractivity contribution in [3.8, 4) is 0 Å². The summed E-state index contributed by atoms with van der Waals surface area (Å²) in [5, 5.41) is 19.1. The monoisotopic (exact) mass is 438 g/mol. The van der Waals surface area contributed by atoms with Gasteiger partial charge >= 0.3 is 0 Å². The zero-order valence-corrected chi connectivity index (χ0v) is 20.2. The first-order chi connectivity index (χ1) is 14.7. The molecule has 0 bridgehead atoms. The highest BCUT2D eigenvalue weighted by atomic mass is 35.5. The molecule has 0 aliphatic heterocycles. The van der Waals surface area contributed by atoms with Crippen molar-refractivity contribution in [2.24, 2.45) is 5.92 Å². The number of alkyl halides is 1. The van der Waals surface area contributed by atoms with Gasteiger partial charge in [0.05, 0.1) is 4.87 Å². The molecular formula is C27H47ClO2. The minimum absolute atomic E-state index is 0.0766. The van der Waals surface area contributed by atoms with E-state index in [1.54, 1.807) is 0 Å². The van der Waals surface area contributed by atoms with E-state index in [2.05, 4.69) is 31.2 Å². The van der Waals surface area contributed by atoms with Crippen LogP contribution in [0.15, 0.2) is 30.3 Å². The number of halogens is 1. The first-order valence-electron chi connectivity index (χ1n) is 12.6. The largest absolute Gasteiger partial charge is 0.396 e. The Hall–Kier alpha value is -0.570. The van der Waals surface area contributed by atoms with Crippen LogP contribution in [0, 0.1) is 5.92 Å². The van der Waals surface area contributed by atoms with E-state index in [4.69, 9.17) is 11.6 Å². The Labute approximate surface area is 191 Å². The van der Waals surface area contributed by atoms with Crippen molar-refractivity contribution < 1.29 is 10.2 Å². The van der Waals surface area contributed by atoms with Crippen LogP contribution >= 0.6 is 11.6 Å². The van der Waals surface area contributed by atoms with Crippen LogP contribution < -0.4 is 0 Å². The molecular weight excluding hydrogens is 392 g/mol. The van der Waals surface area contributed by atoms with E-state index in [0.717, 1.165) is 12.8 Å². The fourth-order valence-electron chi connectivity index (χ4n) is 4.58. The van der Waals surface area contributed by atoms with Crippen molar-refractivity contribution in [1.29, 1.82) is 0 Å². The lowest BCUT2D eigenvalue weighted by Crippen LogP contribution is -2.36. The van der Waals surface area contributed by atoms with Gasteiger partial charge in [-0.15, -0.1) is 11.6 Å². The van der Waals surface area contributed by atoms with Gasteiger partial charge in [-0.2, -0.15) is 0 Å². The standard InChI is InChI=1S/C27H47ClO2/c1-2-3-4-5-6-7-8-9-10-11-12-16-19-26(24-25-17-14-13-15-18-25)27(28,20-22-29)21-23-30/h13-15,17-18,26,29-30H,2-12,16,19-24H2,1H3. The second-order valence-corrected chi connectivity index (χ2v) is 9.80. The third kappa shape index (κ3) is 12.3. The molecule has 2 N–H and O–H groups in total. The molecule has 0 fully saturated rings. The number of aliphatic hydroxyl groups excluding tert-OH is 2. The lowest BCUT2D eigenvalue weighted by molar-refractivity contribution is 0.186. The smallest absolute Gasteiger partial charge is 0.0521 e. The van der Waals surface area contributed by atoms with Gasteiger partial charge in [0.2, 0.25) is 0 Å². The molecule has 1 atom stereocenters. The van der Waals surface area contributed by atoms with E-state index in [0.29, 0.717) is 12.8 Å². The van der Waals surface area contributed by atoms with Gasteiger partial charge in [-0.25, -0.2) is 0 Å². The average molecular weight is 439 g/mol. The summed E-state index contributed by atoms with van der Waals surface area (Å²) in [5.74, 6) is 0.281. The predicted molar refractivity (Wildman–Crippen MR) is 131 cm³/mol. The molecule has 0 aliphatic rings. The van der Waals surface area contributed by atoms with Gasteiger partial charge in [0.25, 0.3) is 0 Å². The zero-order valence-electron chi connectivity index (χ0n) is 19.5. The van der Waals surface area contributed by atoms with Crippen LogP contribution in [0.1, 0.15) is 109 Å². The number of aliphatic hydroxyl groups is 2. The van der Waals surface area contributed by atoms with Crippen LogP contribution in [0.2, 0.25) is 0 Å². The molecule has 0 spiro atoms. The summed E-state index contributed by atoms with van der Waals surface area (Å²) in [4.78, 5) is -0.517. The summed E-state index contributed by atoms with van der Waals surface area (Å²) in [6, 6.07) is 10.5. The van der Waals surface area contributed by atoms with Gasteiger partial charge in [-0.3, -0.25) is 0 Å². The molecule has 1 aromatic carbocycles. The molecule has 3 heteroatoms. The maximum absolute atomic E-state index is 9.55. The maximum atomic E-state index is 9.55. The summed E-state index contributed by atoms with van der Waals surface area (Å²) < 4.78 is 0. The van der Waals surface area contributed by atoms with Gasteiger partial charge in [-0.1, -0.05) is 114 Å². The van der Waals surface area contributed by atoms with Crippen LogP contribution in [0.3, 0.4) is 0 Å². The quantitative estimate of drug-likeness (QED) is 0.162. The molecule has 0 saturated carbocycles. The Kier molecular flexibility index (Phi) is 16.5. The van der Waals surface area contributed by atoms with Gasteiger partial charge < -0.3 is 10.2 Å². The molecule has 0 amide bonds. The normalized spacial score (nSPS) is 12.9. The highest BCUT2D eigenvalue weighted by Gasteiger charge is 2.35. The zero-order chi connectivity index (χ0) is 21.9. The first-order valence-corrected chi connectivity index (χ1v) is 13.0. The van der Waals surface area contributed by atoms with E-state index < -0.39 is 4.87 Å². The lowest BCUT2D eigenvalue weighted by atomic mass is 9.79. The minimum Gasteiger partial charge on any atom is -0.396 e. The fourth-order valence-corrected chi connectivity index (χ4v) is 4.93. The maximum Gasteiger partial charge on any atom is 0.0521 e. The summed E-state index contributed by atoms with van der Waals surface area (Å²) in [6.45, 7) is 2.43. The Bertz CT molecular complexity index is 485. The summed E-state index contributed by atoms with van der Waals surface area (Å²) in [6.07, 6.45) is 19.3. The highest BCUT2D eigenvalue weighted by Crippen LogP contribution is 2.38. The molecule has 0 aromatic heterocycles. The molecule has 174 valence electrons. The highest BCUT2D eigenvalue weighted by molar-refractivity contribution is 6.24. The van der Waals surface area contributed by atoms with E-state index in [1.807, 2.05) is 6.07 Å². The van der Waals surface area contributed by atoms with E-state index in [9.17, 15) is 10.2 Å². The van der Waals surface area contributed by atoms with Gasteiger partial charge in [0.15, 0.2) is 0 Å². The molecule has 1 aromatic rings. The number of hydrogen-bond acceptors (Lipinski definition) is 2. The lowest BCUT2D eigenvalue weighted by Gasteiger charge is -2.35. The molecule has 0 radical (unpaired) electrons. The van der Waals surface area contributed by atoms with Crippen molar-refractivity contribution >= 4 is 11.6 Å². The minimum atomic E-state index is -0.517. The van der Waals surface area contributed by atoms with Crippen molar-refractivity contribution in [2.75, 3.05) is 13.2 Å². The topological polar surface area (TPSA) is 40.5 Å². The van der Waals surface area contributed by atoms with Crippen molar-refractivity contribution in [3.05, 3.63) is 35.9 Å². The molecule has 1 unspecified atom stereocenters. The van der Waals surface area contributed by atoms with E-state index in [-0.39, 0.29) is 19.1 Å². The molecule has 0 heterocycles. The Morgan fingerprint density at radius 2 is 1.20 bits per heavy atom. The van der Waals surface area contributed by atoms with Crippen LogP contribution in [0.25, 0.3) is 0 Å². The molecule has 0 saturated heterocycles. The Morgan fingerprint density at radius 1 is 0.733 bits per heavy atom. The average Bonchev–Trinajstić information content (AvgIpc) is 2.74. The number of unbranched alkanes of at least 4 members (excludes halogenated alkanes) is 11. The number of benzene rings is 1. The third-order valence-electron chi connectivity index (χ3n) is 6.52. The van der Waals surface area contributed by atoms with Crippen LogP contribution in [-0.2, 0) is 6.42 Å². The SMILES string of the molecule is CCCCCCCCCCCCCCC(Cc1ccccc1)C(Cl)(CCO)CCO. The first kappa shape index (κ1) is 27.5. The molecule has 1 rings (SSSR count). The Morgan fingerprint density at radius 3 is 1.67 bits per heavy atom. The van der Waals surface area contributed by atoms with Crippen LogP contribution in [-0.4, -0.2) is 28.3 Å². The predicted octanol–water partition coefficient (Wildman–Crippen LogP) is 7.68. The van der Waals surface area contributed by atoms with Gasteiger partial charge in [0, 0.05) is 13.2 Å². The number of hydrogen-bond donors (Lipinski definition) is 2. The van der Waals surface area contributed by atoms with Crippen molar-refractivity contribution in [1.82, 2.24) is 0 Å².